The number of amides is 1. The number of anilines is 1. The highest BCUT2D eigenvalue weighted by Gasteiger charge is 2.22. The van der Waals surface area contributed by atoms with Gasteiger partial charge in [-0.3, -0.25) is 4.79 Å². The third-order valence-corrected chi connectivity index (χ3v) is 4.31. The van der Waals surface area contributed by atoms with Gasteiger partial charge in [0, 0.05) is 6.20 Å². The maximum Gasteiger partial charge on any atom is 0.258 e. The zero-order valence-corrected chi connectivity index (χ0v) is 15.3. The van der Waals surface area contributed by atoms with E-state index >= 15 is 0 Å². The van der Waals surface area contributed by atoms with Crippen LogP contribution in [-0.4, -0.2) is 39.7 Å². The molecule has 1 N–H and O–H groups in total. The van der Waals surface area contributed by atoms with Crippen LogP contribution in [0, 0.1) is 6.92 Å². The number of aromatic nitrogens is 3. The summed E-state index contributed by atoms with van der Waals surface area (Å²) in [5.74, 6) is 0.630. The molecule has 27 heavy (non-hydrogen) atoms. The van der Waals surface area contributed by atoms with Crippen LogP contribution in [0.3, 0.4) is 0 Å². The molecule has 8 heteroatoms. The van der Waals surface area contributed by atoms with E-state index in [0.29, 0.717) is 41.1 Å². The molecule has 3 aromatic rings. The fourth-order valence-corrected chi connectivity index (χ4v) is 2.81. The van der Waals surface area contributed by atoms with E-state index in [1.54, 1.807) is 23.0 Å². The first-order valence-corrected chi connectivity index (χ1v) is 8.75. The highest BCUT2D eigenvalue weighted by atomic mass is 35.5. The monoisotopic (exact) mass is 381 g/mol. The van der Waals surface area contributed by atoms with Gasteiger partial charge in [0.15, 0.2) is 0 Å². The van der Waals surface area contributed by atoms with Gasteiger partial charge in [0.1, 0.15) is 17.6 Å². The summed E-state index contributed by atoms with van der Waals surface area (Å²) in [5, 5.41) is 7.65. The number of hydrogen-bond donors (Lipinski definition) is 1. The molecule has 0 fully saturated rings. The summed E-state index contributed by atoms with van der Waals surface area (Å²) in [5.41, 5.74) is 2.96. The van der Waals surface area contributed by atoms with Crippen LogP contribution < -0.4 is 5.32 Å². The van der Waals surface area contributed by atoms with E-state index in [2.05, 4.69) is 20.4 Å². The van der Waals surface area contributed by atoms with Gasteiger partial charge < -0.3 is 10.1 Å². The molecule has 1 aromatic carbocycles. The number of carbonyl (C=O) groups is 1. The second kappa shape index (κ2) is 7.20. The normalized spacial score (nSPS) is 13.2. The van der Waals surface area contributed by atoms with Gasteiger partial charge in [-0.1, -0.05) is 29.3 Å². The van der Waals surface area contributed by atoms with Gasteiger partial charge in [0.25, 0.3) is 5.91 Å². The maximum absolute atomic E-state index is 12.7. The Morgan fingerprint density at radius 3 is 2.67 bits per heavy atom. The topological polar surface area (TPSA) is 81.4 Å². The Balaban J connectivity index is 1.74. The summed E-state index contributed by atoms with van der Waals surface area (Å²) < 4.78 is 7.22. The van der Waals surface area contributed by atoms with E-state index in [1.165, 1.54) is 6.20 Å². The molecule has 0 saturated carbocycles. The van der Waals surface area contributed by atoms with E-state index in [4.69, 9.17) is 16.3 Å². The largest absolute Gasteiger partial charge is 0.475 e. The fourth-order valence-electron chi connectivity index (χ4n) is 2.69. The first kappa shape index (κ1) is 17.2. The van der Waals surface area contributed by atoms with Crippen molar-refractivity contribution in [2.45, 2.75) is 6.92 Å². The van der Waals surface area contributed by atoms with Crippen LogP contribution in [0.5, 0.6) is 0 Å². The van der Waals surface area contributed by atoms with Crippen molar-refractivity contribution in [3.8, 4) is 5.69 Å². The Kier molecular flexibility index (Phi) is 4.60. The van der Waals surface area contributed by atoms with Crippen LogP contribution >= 0.6 is 11.6 Å². The lowest BCUT2D eigenvalue weighted by Gasteiger charge is -2.11. The minimum Gasteiger partial charge on any atom is -0.475 e. The van der Waals surface area contributed by atoms with Gasteiger partial charge in [-0.05, 0) is 31.2 Å². The lowest BCUT2D eigenvalue weighted by atomic mass is 10.2. The average molecular weight is 382 g/mol. The van der Waals surface area contributed by atoms with Gasteiger partial charge in [-0.25, -0.2) is 14.7 Å². The molecule has 3 heterocycles. The molecule has 1 aliphatic heterocycles. The number of aryl methyl sites for hydroxylation is 1. The number of hydrogen-bond acceptors (Lipinski definition) is 5. The standard InChI is InChI=1S/C19H16ClN5O2/c1-12-2-5-14(6-3-12)25-17(15(11-23-25)19-21-8-9-27-19)24-18(26)13-4-7-16(20)22-10-13/h2-7,10-11H,8-9H2,1H3,(H,24,26). The Hall–Kier alpha value is -3.19. The molecular formula is C19H16ClN5O2. The number of benzene rings is 1. The van der Waals surface area contributed by atoms with Crippen LogP contribution in [-0.2, 0) is 4.74 Å². The maximum atomic E-state index is 12.7. The lowest BCUT2D eigenvalue weighted by Crippen LogP contribution is -2.18. The zero-order chi connectivity index (χ0) is 18.8. The summed E-state index contributed by atoms with van der Waals surface area (Å²) in [6.45, 7) is 3.11. The number of aliphatic imine (C=N–C) groups is 1. The molecule has 0 radical (unpaired) electrons. The van der Waals surface area contributed by atoms with Gasteiger partial charge >= 0.3 is 0 Å². The summed E-state index contributed by atoms with van der Waals surface area (Å²) in [7, 11) is 0. The number of carbonyl (C=O) groups excluding carboxylic acids is 1. The van der Waals surface area contributed by atoms with Crippen molar-refractivity contribution in [2.75, 3.05) is 18.5 Å². The molecule has 136 valence electrons. The van der Waals surface area contributed by atoms with E-state index < -0.39 is 0 Å². The van der Waals surface area contributed by atoms with Gasteiger partial charge in [-0.2, -0.15) is 5.10 Å². The van der Waals surface area contributed by atoms with Crippen LogP contribution in [0.4, 0.5) is 5.82 Å². The molecule has 0 atom stereocenters. The number of rotatable bonds is 4. The third-order valence-electron chi connectivity index (χ3n) is 4.09. The third kappa shape index (κ3) is 3.54. The van der Waals surface area contributed by atoms with E-state index in [-0.39, 0.29) is 5.91 Å². The molecule has 4 rings (SSSR count). The van der Waals surface area contributed by atoms with Crippen molar-refractivity contribution in [1.82, 2.24) is 14.8 Å². The van der Waals surface area contributed by atoms with E-state index in [9.17, 15) is 4.79 Å². The number of halogens is 1. The van der Waals surface area contributed by atoms with Gasteiger partial charge in [-0.15, -0.1) is 0 Å². The predicted octanol–water partition coefficient (Wildman–Crippen LogP) is 3.26. The van der Waals surface area contributed by atoms with Crippen molar-refractivity contribution >= 4 is 29.2 Å². The molecule has 1 aliphatic rings. The predicted molar refractivity (Wildman–Crippen MR) is 103 cm³/mol. The van der Waals surface area contributed by atoms with Crippen LogP contribution in [0.2, 0.25) is 5.15 Å². The zero-order valence-electron chi connectivity index (χ0n) is 14.5. The second-order valence-corrected chi connectivity index (χ2v) is 6.40. The van der Waals surface area contributed by atoms with Crippen molar-refractivity contribution < 1.29 is 9.53 Å². The Bertz CT molecular complexity index is 1010. The van der Waals surface area contributed by atoms with Crippen molar-refractivity contribution in [3.05, 3.63) is 70.6 Å². The Morgan fingerprint density at radius 1 is 1.19 bits per heavy atom. The van der Waals surface area contributed by atoms with Crippen molar-refractivity contribution in [1.29, 1.82) is 0 Å². The van der Waals surface area contributed by atoms with E-state index in [1.807, 2.05) is 31.2 Å². The van der Waals surface area contributed by atoms with Gasteiger partial charge in [0.2, 0.25) is 5.90 Å². The van der Waals surface area contributed by atoms with Crippen molar-refractivity contribution in [2.24, 2.45) is 4.99 Å². The molecule has 0 bridgehead atoms. The Morgan fingerprint density at radius 2 is 2.00 bits per heavy atom. The summed E-state index contributed by atoms with van der Waals surface area (Å²) >= 11 is 5.80. The minimum absolute atomic E-state index is 0.325. The van der Waals surface area contributed by atoms with Crippen molar-refractivity contribution in [3.63, 3.8) is 0 Å². The molecule has 0 spiro atoms. The summed E-state index contributed by atoms with van der Waals surface area (Å²) in [6, 6.07) is 11.0. The summed E-state index contributed by atoms with van der Waals surface area (Å²) in [4.78, 5) is 21.0. The smallest absolute Gasteiger partial charge is 0.258 e. The number of pyridine rings is 1. The first-order chi connectivity index (χ1) is 13.1. The number of ether oxygens (including phenoxy) is 1. The summed E-state index contributed by atoms with van der Waals surface area (Å²) in [6.07, 6.45) is 3.06. The highest BCUT2D eigenvalue weighted by molar-refractivity contribution is 6.29. The van der Waals surface area contributed by atoms with Crippen LogP contribution in [0.15, 0.2) is 53.8 Å². The number of nitrogens with one attached hydrogen (secondary N) is 1. The molecular weight excluding hydrogens is 366 g/mol. The number of nitrogens with zero attached hydrogens (tertiary/aromatic N) is 4. The quantitative estimate of drug-likeness (QED) is 0.703. The lowest BCUT2D eigenvalue weighted by molar-refractivity contribution is 0.102. The molecule has 0 aliphatic carbocycles. The molecule has 2 aromatic heterocycles. The minimum atomic E-state index is -0.326. The molecule has 0 unspecified atom stereocenters. The average Bonchev–Trinajstić information content (AvgIpc) is 3.33. The fraction of sp³-hybridized carbons (Fsp3) is 0.158. The highest BCUT2D eigenvalue weighted by Crippen LogP contribution is 2.24. The Labute approximate surface area is 160 Å². The van der Waals surface area contributed by atoms with Crippen LogP contribution in [0.1, 0.15) is 21.5 Å². The second-order valence-electron chi connectivity index (χ2n) is 6.01. The van der Waals surface area contributed by atoms with Crippen LogP contribution in [0.25, 0.3) is 5.69 Å². The SMILES string of the molecule is Cc1ccc(-n2ncc(C3=NCCO3)c2NC(=O)c2ccc(Cl)nc2)cc1. The molecule has 0 saturated heterocycles. The van der Waals surface area contributed by atoms with Gasteiger partial charge in [0.05, 0.1) is 29.6 Å². The first-order valence-electron chi connectivity index (χ1n) is 8.37. The molecule has 1 amide bonds. The molecule has 7 nitrogen and oxygen atoms in total. The van der Waals surface area contributed by atoms with E-state index in [0.717, 1.165) is 11.3 Å².